The maximum Gasteiger partial charge on any atom is 0.283 e. The molecule has 7 heteroatoms. The van der Waals surface area contributed by atoms with Crippen LogP contribution in [0.3, 0.4) is 0 Å². The molecular weight excluding hydrogens is 432 g/mol. The lowest BCUT2D eigenvalue weighted by atomic mass is 10.2. The Bertz CT molecular complexity index is 1190. The van der Waals surface area contributed by atoms with Gasteiger partial charge in [-0.25, -0.2) is 4.90 Å². The van der Waals surface area contributed by atoms with Gasteiger partial charge in [0.05, 0.1) is 18.5 Å². The normalized spacial score (nSPS) is 13.7. The van der Waals surface area contributed by atoms with Gasteiger partial charge in [0.15, 0.2) is 0 Å². The van der Waals surface area contributed by atoms with Gasteiger partial charge in [0.2, 0.25) is 0 Å². The van der Waals surface area contributed by atoms with Gasteiger partial charge < -0.3 is 10.1 Å². The number of imide groups is 1. The number of para-hydroxylation sites is 2. The molecule has 2 amide bonds. The minimum absolute atomic E-state index is 0.194. The van der Waals surface area contributed by atoms with Crippen LogP contribution in [0, 0.1) is 6.92 Å². The third kappa shape index (κ3) is 4.17. The van der Waals surface area contributed by atoms with E-state index in [0.29, 0.717) is 27.1 Å². The molecule has 3 aromatic rings. The molecule has 0 saturated heterocycles. The number of anilines is 2. The van der Waals surface area contributed by atoms with Gasteiger partial charge in [-0.05, 0) is 48.9 Å². The average Bonchev–Trinajstić information content (AvgIpc) is 3.01. The van der Waals surface area contributed by atoms with Gasteiger partial charge in [0.1, 0.15) is 16.4 Å². The quantitative estimate of drug-likeness (QED) is 0.492. The molecule has 1 N–H and O–H groups in total. The number of benzene rings is 3. The van der Waals surface area contributed by atoms with Crippen LogP contribution >= 0.6 is 23.4 Å². The SMILES string of the molecule is COc1ccccc1NC1=C(Sc2ccccc2)C(=O)N(c2ccc(C)c(Cl)c2)C1=O. The second kappa shape index (κ2) is 8.88. The van der Waals surface area contributed by atoms with Crippen LogP contribution < -0.4 is 15.0 Å². The number of carbonyl (C=O) groups is 2. The number of hydrogen-bond acceptors (Lipinski definition) is 5. The van der Waals surface area contributed by atoms with E-state index in [1.54, 1.807) is 37.4 Å². The highest BCUT2D eigenvalue weighted by atomic mass is 35.5. The number of hydrogen-bond donors (Lipinski definition) is 1. The Morgan fingerprint density at radius 2 is 1.65 bits per heavy atom. The summed E-state index contributed by atoms with van der Waals surface area (Å²) in [5, 5.41) is 3.61. The second-order valence-electron chi connectivity index (χ2n) is 6.82. The molecule has 0 aromatic heterocycles. The zero-order valence-corrected chi connectivity index (χ0v) is 18.5. The van der Waals surface area contributed by atoms with Crippen molar-refractivity contribution in [3.63, 3.8) is 0 Å². The molecule has 4 rings (SSSR count). The summed E-state index contributed by atoms with van der Waals surface area (Å²) in [4.78, 5) is 29.1. The van der Waals surface area contributed by atoms with Crippen LogP contribution in [0.5, 0.6) is 5.75 Å². The zero-order valence-electron chi connectivity index (χ0n) is 16.9. The number of amides is 2. The summed E-state index contributed by atoms with van der Waals surface area (Å²) < 4.78 is 5.39. The Balaban J connectivity index is 1.77. The van der Waals surface area contributed by atoms with Crippen molar-refractivity contribution in [2.75, 3.05) is 17.3 Å². The summed E-state index contributed by atoms with van der Waals surface area (Å²) in [6.07, 6.45) is 0. The molecule has 0 bridgehead atoms. The fourth-order valence-electron chi connectivity index (χ4n) is 3.16. The summed E-state index contributed by atoms with van der Waals surface area (Å²) in [5.74, 6) is -0.290. The topological polar surface area (TPSA) is 58.6 Å². The van der Waals surface area contributed by atoms with E-state index in [0.717, 1.165) is 15.4 Å². The minimum atomic E-state index is -0.450. The molecule has 0 radical (unpaired) electrons. The molecule has 0 aliphatic carbocycles. The van der Waals surface area contributed by atoms with Crippen LogP contribution in [0.1, 0.15) is 5.56 Å². The number of halogens is 1. The summed E-state index contributed by atoms with van der Waals surface area (Å²) >= 11 is 7.50. The Kier molecular flexibility index (Phi) is 6.02. The predicted molar refractivity (Wildman–Crippen MR) is 125 cm³/mol. The third-order valence-corrected chi connectivity index (χ3v) is 6.28. The van der Waals surface area contributed by atoms with Crippen molar-refractivity contribution >= 4 is 46.6 Å². The molecule has 0 unspecified atom stereocenters. The monoisotopic (exact) mass is 450 g/mol. The highest BCUT2D eigenvalue weighted by Crippen LogP contribution is 2.39. The highest BCUT2D eigenvalue weighted by Gasteiger charge is 2.40. The average molecular weight is 451 g/mol. The number of nitrogens with one attached hydrogen (secondary N) is 1. The van der Waals surface area contributed by atoms with Crippen molar-refractivity contribution in [2.45, 2.75) is 11.8 Å². The summed E-state index contributed by atoms with van der Waals surface area (Å²) in [5.41, 5.74) is 2.08. The summed E-state index contributed by atoms with van der Waals surface area (Å²) in [7, 11) is 1.55. The number of thioether (sulfide) groups is 1. The van der Waals surface area contributed by atoms with Gasteiger partial charge in [-0.3, -0.25) is 9.59 Å². The lowest BCUT2D eigenvalue weighted by Crippen LogP contribution is -2.32. The van der Waals surface area contributed by atoms with Crippen LogP contribution in [0.25, 0.3) is 0 Å². The van der Waals surface area contributed by atoms with Crippen molar-refractivity contribution in [3.05, 3.63) is 94.0 Å². The van der Waals surface area contributed by atoms with E-state index in [-0.39, 0.29) is 5.70 Å². The van der Waals surface area contributed by atoms with Crippen LogP contribution in [-0.2, 0) is 9.59 Å². The van der Waals surface area contributed by atoms with E-state index in [2.05, 4.69) is 5.32 Å². The van der Waals surface area contributed by atoms with Gasteiger partial charge in [-0.1, -0.05) is 59.8 Å². The number of ether oxygens (including phenoxy) is 1. The first kappa shape index (κ1) is 21.0. The number of rotatable bonds is 6. The van der Waals surface area contributed by atoms with Crippen LogP contribution in [-0.4, -0.2) is 18.9 Å². The molecule has 156 valence electrons. The molecule has 5 nitrogen and oxygen atoms in total. The van der Waals surface area contributed by atoms with Gasteiger partial charge in [0, 0.05) is 9.92 Å². The first-order chi connectivity index (χ1) is 15.0. The van der Waals surface area contributed by atoms with E-state index >= 15 is 0 Å². The summed E-state index contributed by atoms with van der Waals surface area (Å²) in [6, 6.07) is 21.8. The molecule has 3 aromatic carbocycles. The first-order valence-corrected chi connectivity index (χ1v) is 10.7. The maximum absolute atomic E-state index is 13.4. The minimum Gasteiger partial charge on any atom is -0.495 e. The zero-order chi connectivity index (χ0) is 22.0. The molecule has 31 heavy (non-hydrogen) atoms. The third-order valence-electron chi connectivity index (χ3n) is 4.78. The summed E-state index contributed by atoms with van der Waals surface area (Å²) in [6.45, 7) is 1.86. The standard InChI is InChI=1S/C24H19ClN2O3S/c1-15-12-13-16(14-18(15)25)27-23(28)21(26-19-10-6-7-11-20(19)30-2)22(24(27)29)31-17-8-4-3-5-9-17/h3-14,26H,1-2H3. The molecule has 0 fully saturated rings. The fraction of sp³-hybridized carbons (Fsp3) is 0.0833. The van der Waals surface area contributed by atoms with E-state index in [1.165, 1.54) is 11.8 Å². The van der Waals surface area contributed by atoms with Crippen molar-refractivity contribution in [2.24, 2.45) is 0 Å². The smallest absolute Gasteiger partial charge is 0.283 e. The number of carbonyl (C=O) groups excluding carboxylic acids is 2. The van der Waals surface area contributed by atoms with E-state index in [9.17, 15) is 9.59 Å². The second-order valence-corrected chi connectivity index (χ2v) is 8.31. The Hall–Kier alpha value is -3.22. The van der Waals surface area contributed by atoms with E-state index in [1.807, 2.05) is 49.4 Å². The first-order valence-electron chi connectivity index (χ1n) is 9.51. The maximum atomic E-state index is 13.4. The van der Waals surface area contributed by atoms with E-state index in [4.69, 9.17) is 16.3 Å². The van der Waals surface area contributed by atoms with Gasteiger partial charge in [-0.2, -0.15) is 0 Å². The number of methoxy groups -OCH3 is 1. The lowest BCUT2D eigenvalue weighted by Gasteiger charge is -2.16. The molecule has 1 heterocycles. The van der Waals surface area contributed by atoms with Crippen LogP contribution in [0.4, 0.5) is 11.4 Å². The van der Waals surface area contributed by atoms with Crippen molar-refractivity contribution in [3.8, 4) is 5.75 Å². The molecule has 0 saturated carbocycles. The highest BCUT2D eigenvalue weighted by molar-refractivity contribution is 8.04. The van der Waals surface area contributed by atoms with E-state index < -0.39 is 11.8 Å². The van der Waals surface area contributed by atoms with Crippen molar-refractivity contribution in [1.82, 2.24) is 0 Å². The molecule has 1 aliphatic heterocycles. The van der Waals surface area contributed by atoms with Gasteiger partial charge >= 0.3 is 0 Å². The van der Waals surface area contributed by atoms with Crippen LogP contribution in [0.15, 0.2) is 88.3 Å². The van der Waals surface area contributed by atoms with Gasteiger partial charge in [0.25, 0.3) is 11.8 Å². The number of nitrogens with zero attached hydrogens (tertiary/aromatic N) is 1. The Morgan fingerprint density at radius 3 is 2.35 bits per heavy atom. The van der Waals surface area contributed by atoms with Gasteiger partial charge in [-0.15, -0.1) is 0 Å². The van der Waals surface area contributed by atoms with Crippen LogP contribution in [0.2, 0.25) is 5.02 Å². The lowest BCUT2D eigenvalue weighted by molar-refractivity contribution is -0.120. The largest absolute Gasteiger partial charge is 0.495 e. The Morgan fingerprint density at radius 1 is 0.935 bits per heavy atom. The molecule has 0 atom stereocenters. The molecular formula is C24H19ClN2O3S. The predicted octanol–water partition coefficient (Wildman–Crippen LogP) is 5.65. The fourth-order valence-corrected chi connectivity index (χ4v) is 4.28. The number of aryl methyl sites for hydroxylation is 1. The molecule has 1 aliphatic rings. The molecule has 0 spiro atoms. The van der Waals surface area contributed by atoms with Crippen molar-refractivity contribution in [1.29, 1.82) is 0 Å². The van der Waals surface area contributed by atoms with Crippen molar-refractivity contribution < 1.29 is 14.3 Å². The Labute approximate surface area is 189 Å².